The predicted molar refractivity (Wildman–Crippen MR) is 94.8 cm³/mol. The quantitative estimate of drug-likeness (QED) is 0.854. The summed E-state index contributed by atoms with van der Waals surface area (Å²) >= 11 is 0. The van der Waals surface area contributed by atoms with E-state index in [1.54, 1.807) is 70.6 Å². The largest absolute Gasteiger partial charge is 0.497 e. The van der Waals surface area contributed by atoms with Gasteiger partial charge < -0.3 is 4.74 Å². The van der Waals surface area contributed by atoms with E-state index in [1.807, 2.05) is 0 Å². The maximum absolute atomic E-state index is 13.2. The highest BCUT2D eigenvalue weighted by Crippen LogP contribution is 2.28. The van der Waals surface area contributed by atoms with Gasteiger partial charge in [0.2, 0.25) is 11.9 Å². The van der Waals surface area contributed by atoms with E-state index < -0.39 is 11.6 Å². The van der Waals surface area contributed by atoms with Crippen LogP contribution in [-0.2, 0) is 4.79 Å². The predicted octanol–water partition coefficient (Wildman–Crippen LogP) is 3.39. The summed E-state index contributed by atoms with van der Waals surface area (Å²) in [5.41, 5.74) is -0.157. The van der Waals surface area contributed by atoms with Crippen LogP contribution in [0.5, 0.6) is 5.75 Å². The summed E-state index contributed by atoms with van der Waals surface area (Å²) in [6, 6.07) is 8.03. The van der Waals surface area contributed by atoms with Gasteiger partial charge >= 0.3 is 6.03 Å². The zero-order chi connectivity index (χ0) is 18.6. The first-order valence-corrected chi connectivity index (χ1v) is 7.81. The van der Waals surface area contributed by atoms with E-state index in [0.29, 0.717) is 11.4 Å². The number of imide groups is 1. The first-order chi connectivity index (χ1) is 11.8. The minimum Gasteiger partial charge on any atom is -0.497 e. The molecule has 0 radical (unpaired) electrons. The SMILES string of the molecule is COc1ccc(N(C(=O)N(C(C)=O)C(C)(C)C)c2ncccn2)cc1. The molecule has 1 heterocycles. The molecular weight excluding hydrogens is 320 g/mol. The third kappa shape index (κ3) is 4.12. The van der Waals surface area contributed by atoms with Crippen molar-refractivity contribution in [2.24, 2.45) is 0 Å². The number of amides is 3. The van der Waals surface area contributed by atoms with E-state index in [9.17, 15) is 9.59 Å². The van der Waals surface area contributed by atoms with E-state index in [0.717, 1.165) is 0 Å². The number of urea groups is 1. The van der Waals surface area contributed by atoms with Gasteiger partial charge in [-0.25, -0.2) is 19.7 Å². The topological polar surface area (TPSA) is 75.6 Å². The van der Waals surface area contributed by atoms with E-state index in [4.69, 9.17) is 4.74 Å². The Bertz CT molecular complexity index is 739. The van der Waals surface area contributed by atoms with Crippen molar-refractivity contribution in [3.63, 3.8) is 0 Å². The Labute approximate surface area is 147 Å². The molecule has 0 unspecified atom stereocenters. The van der Waals surface area contributed by atoms with Gasteiger partial charge in [0, 0.05) is 24.9 Å². The van der Waals surface area contributed by atoms with Crippen LogP contribution in [-0.4, -0.2) is 39.5 Å². The summed E-state index contributed by atoms with van der Waals surface area (Å²) in [5.74, 6) is 0.490. The first-order valence-electron chi connectivity index (χ1n) is 7.81. The van der Waals surface area contributed by atoms with Gasteiger partial charge in [-0.3, -0.25) is 9.69 Å². The number of rotatable bonds is 3. The van der Waals surface area contributed by atoms with Crippen molar-refractivity contribution in [1.82, 2.24) is 14.9 Å². The normalized spacial score (nSPS) is 10.9. The fourth-order valence-corrected chi connectivity index (χ4v) is 2.44. The van der Waals surface area contributed by atoms with E-state index >= 15 is 0 Å². The van der Waals surface area contributed by atoms with Gasteiger partial charge in [0.25, 0.3) is 0 Å². The molecule has 0 spiro atoms. The highest BCUT2D eigenvalue weighted by molar-refractivity contribution is 6.06. The van der Waals surface area contributed by atoms with Crippen molar-refractivity contribution in [3.05, 3.63) is 42.7 Å². The maximum atomic E-state index is 13.2. The molecule has 0 N–H and O–H groups in total. The molecule has 25 heavy (non-hydrogen) atoms. The Hall–Kier alpha value is -2.96. The molecular formula is C18H22N4O3. The molecule has 1 aromatic heterocycles. The molecule has 2 aromatic rings. The van der Waals surface area contributed by atoms with Crippen molar-refractivity contribution in [1.29, 1.82) is 0 Å². The molecule has 0 aliphatic heterocycles. The highest BCUT2D eigenvalue weighted by Gasteiger charge is 2.35. The second-order valence-electron chi connectivity index (χ2n) is 6.39. The lowest BCUT2D eigenvalue weighted by molar-refractivity contribution is -0.129. The molecule has 7 nitrogen and oxygen atoms in total. The van der Waals surface area contributed by atoms with Crippen LogP contribution in [0, 0.1) is 0 Å². The molecule has 0 saturated carbocycles. The number of ether oxygens (including phenoxy) is 1. The molecule has 132 valence electrons. The molecule has 0 saturated heterocycles. The molecule has 7 heteroatoms. The van der Waals surface area contributed by atoms with Gasteiger partial charge in [0.05, 0.1) is 12.8 Å². The van der Waals surface area contributed by atoms with Crippen LogP contribution in [0.1, 0.15) is 27.7 Å². The number of benzene rings is 1. The fraction of sp³-hybridized carbons (Fsp3) is 0.333. The third-order valence-corrected chi connectivity index (χ3v) is 3.45. The van der Waals surface area contributed by atoms with Crippen molar-refractivity contribution < 1.29 is 14.3 Å². The average Bonchev–Trinajstić information content (AvgIpc) is 2.55. The second-order valence-corrected chi connectivity index (χ2v) is 6.39. The van der Waals surface area contributed by atoms with Crippen LogP contribution in [0.2, 0.25) is 0 Å². The van der Waals surface area contributed by atoms with Gasteiger partial charge in [-0.05, 0) is 51.1 Å². The highest BCUT2D eigenvalue weighted by atomic mass is 16.5. The summed E-state index contributed by atoms with van der Waals surface area (Å²) in [4.78, 5) is 36.2. The van der Waals surface area contributed by atoms with Crippen LogP contribution in [0.3, 0.4) is 0 Å². The summed E-state index contributed by atoms with van der Waals surface area (Å²) in [5, 5.41) is 0. The Morgan fingerprint density at radius 2 is 1.60 bits per heavy atom. The summed E-state index contributed by atoms with van der Waals surface area (Å²) in [7, 11) is 1.56. The van der Waals surface area contributed by atoms with Crippen LogP contribution in [0.4, 0.5) is 16.4 Å². The molecule has 0 aliphatic rings. The molecule has 0 bridgehead atoms. The lowest BCUT2D eigenvalue weighted by atomic mass is 10.1. The minimum atomic E-state index is -0.692. The van der Waals surface area contributed by atoms with Crippen LogP contribution in [0.15, 0.2) is 42.7 Å². The lowest BCUT2D eigenvalue weighted by Gasteiger charge is -2.36. The van der Waals surface area contributed by atoms with Crippen molar-refractivity contribution in [2.45, 2.75) is 33.2 Å². The Kier molecular flexibility index (Phi) is 5.36. The number of carbonyl (C=O) groups is 2. The zero-order valence-corrected chi connectivity index (χ0v) is 15.1. The minimum absolute atomic E-state index is 0.188. The molecule has 1 aromatic carbocycles. The number of aromatic nitrogens is 2. The van der Waals surface area contributed by atoms with Crippen molar-refractivity contribution in [3.8, 4) is 5.75 Å². The average molecular weight is 342 g/mol. The monoisotopic (exact) mass is 342 g/mol. The van der Waals surface area contributed by atoms with Crippen LogP contribution >= 0.6 is 0 Å². The lowest BCUT2D eigenvalue weighted by Crippen LogP contribution is -2.53. The third-order valence-electron chi connectivity index (χ3n) is 3.45. The zero-order valence-electron chi connectivity index (χ0n) is 15.1. The Morgan fingerprint density at radius 1 is 1.04 bits per heavy atom. The fourth-order valence-electron chi connectivity index (χ4n) is 2.44. The van der Waals surface area contributed by atoms with Gasteiger partial charge in [0.15, 0.2) is 0 Å². The van der Waals surface area contributed by atoms with Crippen molar-refractivity contribution >= 4 is 23.6 Å². The second kappa shape index (κ2) is 7.29. The maximum Gasteiger partial charge on any atom is 0.338 e. The van der Waals surface area contributed by atoms with Gasteiger partial charge in [-0.1, -0.05) is 0 Å². The molecule has 2 rings (SSSR count). The van der Waals surface area contributed by atoms with E-state index in [-0.39, 0.29) is 11.9 Å². The molecule has 0 aliphatic carbocycles. The van der Waals surface area contributed by atoms with Gasteiger partial charge in [-0.15, -0.1) is 0 Å². The Morgan fingerprint density at radius 3 is 2.04 bits per heavy atom. The molecule has 3 amide bonds. The smallest absolute Gasteiger partial charge is 0.338 e. The van der Waals surface area contributed by atoms with E-state index in [1.165, 1.54) is 16.7 Å². The van der Waals surface area contributed by atoms with Gasteiger partial charge in [0.1, 0.15) is 5.75 Å². The van der Waals surface area contributed by atoms with Crippen LogP contribution < -0.4 is 9.64 Å². The van der Waals surface area contributed by atoms with E-state index in [2.05, 4.69) is 9.97 Å². The molecule has 0 atom stereocenters. The number of methoxy groups -OCH3 is 1. The summed E-state index contributed by atoms with van der Waals surface area (Å²) in [6.07, 6.45) is 3.09. The number of hydrogen-bond donors (Lipinski definition) is 0. The number of hydrogen-bond acceptors (Lipinski definition) is 5. The number of carbonyl (C=O) groups excluding carboxylic acids is 2. The standard InChI is InChI=1S/C18H22N4O3/c1-13(23)22(18(2,3)4)17(24)21(16-19-11-6-12-20-16)14-7-9-15(25-5)10-8-14/h6-12H,1-5H3. The first kappa shape index (κ1) is 18.4. The number of nitrogens with zero attached hydrogens (tertiary/aromatic N) is 4. The summed E-state index contributed by atoms with van der Waals surface area (Å²) < 4.78 is 5.16. The van der Waals surface area contributed by atoms with Gasteiger partial charge in [-0.2, -0.15) is 0 Å². The molecule has 0 fully saturated rings. The Balaban J connectivity index is 2.54. The van der Waals surface area contributed by atoms with Crippen LogP contribution in [0.25, 0.3) is 0 Å². The summed E-state index contributed by atoms with van der Waals surface area (Å²) in [6.45, 7) is 6.75. The van der Waals surface area contributed by atoms with Crippen molar-refractivity contribution in [2.75, 3.05) is 12.0 Å². The number of anilines is 2.